The summed E-state index contributed by atoms with van der Waals surface area (Å²) in [4.78, 5) is 14.2. The maximum Gasteiger partial charge on any atom is 0.253 e. The molecule has 1 aromatic rings. The molecule has 4 heteroatoms. The van der Waals surface area contributed by atoms with E-state index in [0.717, 1.165) is 37.9 Å². The van der Waals surface area contributed by atoms with E-state index in [4.69, 9.17) is 5.73 Å². The molecule has 19 heavy (non-hydrogen) atoms. The monoisotopic (exact) mass is 264 g/mol. The molecule has 104 valence electrons. The van der Waals surface area contributed by atoms with Crippen molar-refractivity contribution in [3.8, 4) is 0 Å². The number of benzene rings is 1. The fourth-order valence-corrected chi connectivity index (χ4v) is 2.76. The summed E-state index contributed by atoms with van der Waals surface area (Å²) >= 11 is 0. The van der Waals surface area contributed by atoms with E-state index in [0.29, 0.717) is 18.0 Å². The molecule has 1 aliphatic rings. The SMILES string of the molecule is Cc1cc(F)cc(C(=O)N2CCCC(CCN)C2)c1. The van der Waals surface area contributed by atoms with E-state index < -0.39 is 0 Å². The van der Waals surface area contributed by atoms with Crippen LogP contribution in [-0.2, 0) is 0 Å². The van der Waals surface area contributed by atoms with Crippen LogP contribution in [-0.4, -0.2) is 30.4 Å². The molecule has 1 aliphatic heterocycles. The highest BCUT2D eigenvalue weighted by molar-refractivity contribution is 5.94. The van der Waals surface area contributed by atoms with Crippen LogP contribution in [0.2, 0.25) is 0 Å². The van der Waals surface area contributed by atoms with Crippen LogP contribution in [0.25, 0.3) is 0 Å². The van der Waals surface area contributed by atoms with Crippen molar-refractivity contribution in [2.75, 3.05) is 19.6 Å². The number of rotatable bonds is 3. The smallest absolute Gasteiger partial charge is 0.253 e. The Hall–Kier alpha value is -1.42. The second kappa shape index (κ2) is 6.15. The lowest BCUT2D eigenvalue weighted by atomic mass is 9.94. The van der Waals surface area contributed by atoms with Crippen molar-refractivity contribution in [2.24, 2.45) is 11.7 Å². The number of likely N-dealkylation sites (tertiary alicyclic amines) is 1. The third kappa shape index (κ3) is 3.53. The van der Waals surface area contributed by atoms with E-state index in [1.54, 1.807) is 13.0 Å². The second-order valence-electron chi connectivity index (χ2n) is 5.35. The molecule has 0 aliphatic carbocycles. The van der Waals surface area contributed by atoms with Gasteiger partial charge in [0.05, 0.1) is 0 Å². The molecular weight excluding hydrogens is 243 g/mol. The molecule has 3 nitrogen and oxygen atoms in total. The average Bonchev–Trinajstić information content (AvgIpc) is 2.37. The minimum atomic E-state index is -0.348. The minimum Gasteiger partial charge on any atom is -0.338 e. The van der Waals surface area contributed by atoms with E-state index >= 15 is 0 Å². The van der Waals surface area contributed by atoms with Gasteiger partial charge in [-0.2, -0.15) is 0 Å². The Morgan fingerprint density at radius 1 is 1.47 bits per heavy atom. The Morgan fingerprint density at radius 2 is 2.26 bits per heavy atom. The van der Waals surface area contributed by atoms with Gasteiger partial charge in [0.15, 0.2) is 0 Å². The molecule has 1 unspecified atom stereocenters. The van der Waals surface area contributed by atoms with Crippen LogP contribution in [0.3, 0.4) is 0 Å². The van der Waals surface area contributed by atoms with Crippen molar-refractivity contribution in [1.82, 2.24) is 4.90 Å². The first-order chi connectivity index (χ1) is 9.10. The number of nitrogens with two attached hydrogens (primary N) is 1. The first-order valence-electron chi connectivity index (χ1n) is 6.86. The van der Waals surface area contributed by atoms with Crippen molar-refractivity contribution in [1.29, 1.82) is 0 Å². The molecule has 2 N–H and O–H groups in total. The first kappa shape index (κ1) is 14.0. The largest absolute Gasteiger partial charge is 0.338 e. The molecular formula is C15H21FN2O. The van der Waals surface area contributed by atoms with E-state index in [9.17, 15) is 9.18 Å². The average molecular weight is 264 g/mol. The highest BCUT2D eigenvalue weighted by atomic mass is 19.1. The van der Waals surface area contributed by atoms with Gasteiger partial charge in [0.1, 0.15) is 5.82 Å². The van der Waals surface area contributed by atoms with Gasteiger partial charge in [0, 0.05) is 18.7 Å². The van der Waals surface area contributed by atoms with Crippen LogP contribution >= 0.6 is 0 Å². The molecule has 1 amide bonds. The maximum absolute atomic E-state index is 13.4. The molecule has 0 aromatic heterocycles. The number of piperidine rings is 1. The summed E-state index contributed by atoms with van der Waals surface area (Å²) < 4.78 is 13.4. The molecule has 0 saturated carbocycles. The van der Waals surface area contributed by atoms with Crippen molar-refractivity contribution in [2.45, 2.75) is 26.2 Å². The van der Waals surface area contributed by atoms with E-state index in [1.807, 2.05) is 4.90 Å². The number of amides is 1. The topological polar surface area (TPSA) is 46.3 Å². The minimum absolute atomic E-state index is 0.0654. The number of carbonyl (C=O) groups is 1. The number of halogens is 1. The quantitative estimate of drug-likeness (QED) is 0.910. The molecule has 0 spiro atoms. The van der Waals surface area contributed by atoms with E-state index in [1.165, 1.54) is 12.1 Å². The summed E-state index contributed by atoms with van der Waals surface area (Å²) in [6.07, 6.45) is 3.08. The van der Waals surface area contributed by atoms with Crippen molar-refractivity contribution in [3.05, 3.63) is 35.1 Å². The fourth-order valence-electron chi connectivity index (χ4n) is 2.76. The molecule has 1 aromatic carbocycles. The summed E-state index contributed by atoms with van der Waals surface area (Å²) in [7, 11) is 0. The number of carbonyl (C=O) groups excluding carboxylic acids is 1. The Balaban J connectivity index is 2.10. The van der Waals surface area contributed by atoms with Crippen LogP contribution in [0.15, 0.2) is 18.2 Å². The molecule has 1 saturated heterocycles. The van der Waals surface area contributed by atoms with Gasteiger partial charge < -0.3 is 10.6 Å². The third-order valence-electron chi connectivity index (χ3n) is 3.67. The van der Waals surface area contributed by atoms with Gasteiger partial charge >= 0.3 is 0 Å². The summed E-state index contributed by atoms with van der Waals surface area (Å²) in [6.45, 7) is 3.96. The predicted molar refractivity (Wildman–Crippen MR) is 73.4 cm³/mol. The highest BCUT2D eigenvalue weighted by Gasteiger charge is 2.24. The number of hydrogen-bond acceptors (Lipinski definition) is 2. The number of nitrogens with zero attached hydrogens (tertiary/aromatic N) is 1. The molecule has 1 heterocycles. The lowest BCUT2D eigenvalue weighted by molar-refractivity contribution is 0.0669. The number of hydrogen-bond donors (Lipinski definition) is 1. The third-order valence-corrected chi connectivity index (χ3v) is 3.67. The fraction of sp³-hybridized carbons (Fsp3) is 0.533. The summed E-state index contributed by atoms with van der Waals surface area (Å²) in [5.41, 5.74) is 6.81. The van der Waals surface area contributed by atoms with Crippen LogP contribution in [0.1, 0.15) is 35.2 Å². The Labute approximate surface area is 113 Å². The zero-order valence-corrected chi connectivity index (χ0v) is 11.4. The van der Waals surface area contributed by atoms with Crippen LogP contribution in [0, 0.1) is 18.7 Å². The van der Waals surface area contributed by atoms with E-state index in [2.05, 4.69) is 0 Å². The zero-order chi connectivity index (χ0) is 13.8. The summed E-state index contributed by atoms with van der Waals surface area (Å²) in [5.74, 6) is 0.0699. The van der Waals surface area contributed by atoms with Crippen LogP contribution in [0.5, 0.6) is 0 Å². The zero-order valence-electron chi connectivity index (χ0n) is 11.4. The Morgan fingerprint density at radius 3 is 2.95 bits per heavy atom. The normalized spacial score (nSPS) is 19.5. The lowest BCUT2D eigenvalue weighted by Crippen LogP contribution is -2.40. The van der Waals surface area contributed by atoms with Gasteiger partial charge in [-0.15, -0.1) is 0 Å². The highest BCUT2D eigenvalue weighted by Crippen LogP contribution is 2.21. The standard InChI is InChI=1S/C15H21FN2O/c1-11-7-13(9-14(16)8-11)15(19)18-6-2-3-12(10-18)4-5-17/h7-9,12H,2-6,10,17H2,1H3. The van der Waals surface area contributed by atoms with Crippen molar-refractivity contribution < 1.29 is 9.18 Å². The van der Waals surface area contributed by atoms with Crippen molar-refractivity contribution in [3.63, 3.8) is 0 Å². The lowest BCUT2D eigenvalue weighted by Gasteiger charge is -2.32. The second-order valence-corrected chi connectivity index (χ2v) is 5.35. The van der Waals surface area contributed by atoms with E-state index in [-0.39, 0.29) is 11.7 Å². The maximum atomic E-state index is 13.4. The van der Waals surface area contributed by atoms with Gasteiger partial charge in [0.25, 0.3) is 5.91 Å². The molecule has 0 radical (unpaired) electrons. The predicted octanol–water partition coefficient (Wildman–Crippen LogP) is 2.34. The summed E-state index contributed by atoms with van der Waals surface area (Å²) in [5, 5.41) is 0. The van der Waals surface area contributed by atoms with Gasteiger partial charge in [-0.1, -0.05) is 0 Å². The Bertz CT molecular complexity index is 439. The number of aryl methyl sites for hydroxylation is 1. The molecule has 0 bridgehead atoms. The first-order valence-corrected chi connectivity index (χ1v) is 6.86. The van der Waals surface area contributed by atoms with Gasteiger partial charge in [-0.3, -0.25) is 4.79 Å². The van der Waals surface area contributed by atoms with Crippen molar-refractivity contribution >= 4 is 5.91 Å². The Kier molecular flexibility index (Phi) is 4.53. The molecule has 1 fully saturated rings. The molecule has 1 atom stereocenters. The molecule has 2 rings (SSSR count). The van der Waals surface area contributed by atoms with Gasteiger partial charge in [-0.25, -0.2) is 4.39 Å². The van der Waals surface area contributed by atoms with Gasteiger partial charge in [-0.05, 0) is 62.4 Å². The summed E-state index contributed by atoms with van der Waals surface area (Å²) in [6, 6.07) is 4.50. The van der Waals surface area contributed by atoms with Crippen LogP contribution < -0.4 is 5.73 Å². The van der Waals surface area contributed by atoms with Gasteiger partial charge in [0.2, 0.25) is 0 Å². The van der Waals surface area contributed by atoms with Crippen LogP contribution in [0.4, 0.5) is 4.39 Å².